The summed E-state index contributed by atoms with van der Waals surface area (Å²) in [7, 11) is 0. The predicted octanol–water partition coefficient (Wildman–Crippen LogP) is 4.41. The van der Waals surface area contributed by atoms with Crippen molar-refractivity contribution in [2.24, 2.45) is 0 Å². The van der Waals surface area contributed by atoms with E-state index in [2.05, 4.69) is 45.2 Å². The SMILES string of the molecule is O=C(c1ccc(Br)nc1)N1CCC(Oc2ccc(C3CC3)cc2)CC1. The van der Waals surface area contributed by atoms with E-state index < -0.39 is 0 Å². The minimum Gasteiger partial charge on any atom is -0.490 e. The molecule has 1 aliphatic heterocycles. The minimum atomic E-state index is 0.0484. The molecular weight excluding hydrogens is 380 g/mol. The van der Waals surface area contributed by atoms with E-state index in [1.165, 1.54) is 18.4 Å². The first-order chi connectivity index (χ1) is 12.2. The second-order valence-electron chi connectivity index (χ2n) is 6.82. The number of pyridine rings is 1. The molecule has 130 valence electrons. The molecule has 2 fully saturated rings. The molecule has 1 aromatic carbocycles. The summed E-state index contributed by atoms with van der Waals surface area (Å²) in [6, 6.07) is 12.1. The summed E-state index contributed by atoms with van der Waals surface area (Å²) < 4.78 is 6.84. The number of carbonyl (C=O) groups is 1. The van der Waals surface area contributed by atoms with Crippen LogP contribution in [0.2, 0.25) is 0 Å². The van der Waals surface area contributed by atoms with Crippen molar-refractivity contribution in [2.45, 2.75) is 37.7 Å². The fourth-order valence-corrected chi connectivity index (χ4v) is 3.52. The van der Waals surface area contributed by atoms with E-state index in [9.17, 15) is 4.79 Å². The Morgan fingerprint density at radius 1 is 1.04 bits per heavy atom. The summed E-state index contributed by atoms with van der Waals surface area (Å²) in [6.45, 7) is 1.44. The summed E-state index contributed by atoms with van der Waals surface area (Å²) >= 11 is 3.29. The van der Waals surface area contributed by atoms with Crippen molar-refractivity contribution < 1.29 is 9.53 Å². The molecule has 2 aliphatic rings. The lowest BCUT2D eigenvalue weighted by Gasteiger charge is -2.32. The molecule has 0 bridgehead atoms. The average molecular weight is 401 g/mol. The van der Waals surface area contributed by atoms with Crippen molar-refractivity contribution in [1.82, 2.24) is 9.88 Å². The molecule has 1 aliphatic carbocycles. The first-order valence-electron chi connectivity index (χ1n) is 8.86. The Hall–Kier alpha value is -1.88. The maximum Gasteiger partial charge on any atom is 0.255 e. The van der Waals surface area contributed by atoms with Gasteiger partial charge in [0.25, 0.3) is 5.91 Å². The van der Waals surface area contributed by atoms with Crippen LogP contribution in [0.25, 0.3) is 0 Å². The Labute approximate surface area is 156 Å². The first-order valence-corrected chi connectivity index (χ1v) is 9.66. The van der Waals surface area contributed by atoms with Crippen LogP contribution in [0.3, 0.4) is 0 Å². The highest BCUT2D eigenvalue weighted by Gasteiger charge is 2.26. The topological polar surface area (TPSA) is 42.4 Å². The lowest BCUT2D eigenvalue weighted by molar-refractivity contribution is 0.0595. The third-order valence-electron chi connectivity index (χ3n) is 4.94. The molecule has 0 spiro atoms. The number of ether oxygens (including phenoxy) is 1. The molecule has 0 atom stereocenters. The first kappa shape index (κ1) is 16.6. The molecule has 25 heavy (non-hydrogen) atoms. The zero-order valence-corrected chi connectivity index (χ0v) is 15.6. The van der Waals surface area contributed by atoms with Crippen molar-refractivity contribution in [3.63, 3.8) is 0 Å². The van der Waals surface area contributed by atoms with Crippen LogP contribution in [-0.4, -0.2) is 35.0 Å². The second kappa shape index (κ2) is 7.16. The molecular formula is C20H21BrN2O2. The monoisotopic (exact) mass is 400 g/mol. The Kier molecular flexibility index (Phi) is 4.75. The zero-order chi connectivity index (χ0) is 17.2. The molecule has 2 heterocycles. The molecule has 5 heteroatoms. The second-order valence-corrected chi connectivity index (χ2v) is 7.63. The number of aromatic nitrogens is 1. The number of amides is 1. The quantitative estimate of drug-likeness (QED) is 0.713. The van der Waals surface area contributed by atoms with Crippen LogP contribution in [0, 0.1) is 0 Å². The van der Waals surface area contributed by atoms with Crippen LogP contribution in [-0.2, 0) is 0 Å². The molecule has 1 aromatic heterocycles. The number of likely N-dealkylation sites (tertiary alicyclic amines) is 1. The van der Waals surface area contributed by atoms with Gasteiger partial charge >= 0.3 is 0 Å². The van der Waals surface area contributed by atoms with E-state index in [0.29, 0.717) is 5.56 Å². The fourth-order valence-electron chi connectivity index (χ4n) is 3.29. The number of piperidine rings is 1. The van der Waals surface area contributed by atoms with Gasteiger partial charge in [-0.05, 0) is 64.5 Å². The molecule has 0 N–H and O–H groups in total. The van der Waals surface area contributed by atoms with Gasteiger partial charge in [0.05, 0.1) is 5.56 Å². The molecule has 2 aromatic rings. The normalized spacial score (nSPS) is 18.2. The van der Waals surface area contributed by atoms with Gasteiger partial charge in [0.2, 0.25) is 0 Å². The number of hydrogen-bond donors (Lipinski definition) is 0. The number of benzene rings is 1. The summed E-state index contributed by atoms with van der Waals surface area (Å²) in [5.74, 6) is 1.76. The molecule has 4 rings (SSSR count). The predicted molar refractivity (Wildman–Crippen MR) is 99.9 cm³/mol. The maximum absolute atomic E-state index is 12.5. The molecule has 4 nitrogen and oxygen atoms in total. The van der Waals surface area contributed by atoms with Gasteiger partial charge in [-0.25, -0.2) is 4.98 Å². The van der Waals surface area contributed by atoms with Crippen molar-refractivity contribution in [3.05, 3.63) is 58.3 Å². The lowest BCUT2D eigenvalue weighted by atomic mass is 10.1. The van der Waals surface area contributed by atoms with E-state index in [-0.39, 0.29) is 12.0 Å². The third kappa shape index (κ3) is 4.03. The number of hydrogen-bond acceptors (Lipinski definition) is 3. The Balaban J connectivity index is 1.30. The number of nitrogens with zero attached hydrogens (tertiary/aromatic N) is 2. The zero-order valence-electron chi connectivity index (χ0n) is 14.0. The highest BCUT2D eigenvalue weighted by molar-refractivity contribution is 9.10. The van der Waals surface area contributed by atoms with E-state index in [0.717, 1.165) is 42.2 Å². The molecule has 1 saturated carbocycles. The highest BCUT2D eigenvalue weighted by Crippen LogP contribution is 2.40. The fraction of sp³-hybridized carbons (Fsp3) is 0.400. The van der Waals surface area contributed by atoms with E-state index in [4.69, 9.17) is 4.74 Å². The smallest absolute Gasteiger partial charge is 0.255 e. The largest absolute Gasteiger partial charge is 0.490 e. The lowest BCUT2D eigenvalue weighted by Crippen LogP contribution is -2.41. The van der Waals surface area contributed by atoms with Gasteiger partial charge in [0.1, 0.15) is 16.5 Å². The molecule has 0 radical (unpaired) electrons. The van der Waals surface area contributed by atoms with Crippen LogP contribution in [0.15, 0.2) is 47.2 Å². The number of rotatable bonds is 4. The van der Waals surface area contributed by atoms with E-state index >= 15 is 0 Å². The van der Waals surface area contributed by atoms with Gasteiger partial charge in [0.15, 0.2) is 0 Å². The van der Waals surface area contributed by atoms with Crippen LogP contribution in [0.4, 0.5) is 0 Å². The summed E-state index contributed by atoms with van der Waals surface area (Å²) in [5, 5.41) is 0. The van der Waals surface area contributed by atoms with Gasteiger partial charge in [-0.1, -0.05) is 12.1 Å². The van der Waals surface area contributed by atoms with E-state index in [1.54, 1.807) is 12.3 Å². The van der Waals surface area contributed by atoms with Crippen molar-refractivity contribution in [3.8, 4) is 5.75 Å². The van der Waals surface area contributed by atoms with Gasteiger partial charge in [-0.2, -0.15) is 0 Å². The van der Waals surface area contributed by atoms with Gasteiger partial charge in [-0.15, -0.1) is 0 Å². The highest BCUT2D eigenvalue weighted by atomic mass is 79.9. The number of carbonyl (C=O) groups excluding carboxylic acids is 1. The van der Waals surface area contributed by atoms with Crippen LogP contribution in [0.5, 0.6) is 5.75 Å². The molecule has 1 amide bonds. The summed E-state index contributed by atoms with van der Waals surface area (Å²) in [4.78, 5) is 18.5. The average Bonchev–Trinajstić information content (AvgIpc) is 3.48. The maximum atomic E-state index is 12.5. The van der Waals surface area contributed by atoms with Crippen molar-refractivity contribution >= 4 is 21.8 Å². The molecule has 0 unspecified atom stereocenters. The Bertz CT molecular complexity index is 733. The summed E-state index contributed by atoms with van der Waals surface area (Å²) in [5.41, 5.74) is 2.06. The third-order valence-corrected chi connectivity index (χ3v) is 5.40. The van der Waals surface area contributed by atoms with Gasteiger partial charge in [-0.3, -0.25) is 4.79 Å². The standard InChI is InChI=1S/C20H21BrN2O2/c21-19-8-5-16(13-22-19)20(24)23-11-9-18(10-12-23)25-17-6-3-15(4-7-17)14-1-2-14/h3-8,13-14,18H,1-2,9-12H2. The van der Waals surface area contributed by atoms with Gasteiger partial charge in [0, 0.05) is 32.1 Å². The van der Waals surface area contributed by atoms with Crippen LogP contribution in [0.1, 0.15) is 47.5 Å². The van der Waals surface area contributed by atoms with Crippen molar-refractivity contribution in [1.29, 1.82) is 0 Å². The van der Waals surface area contributed by atoms with Crippen molar-refractivity contribution in [2.75, 3.05) is 13.1 Å². The van der Waals surface area contributed by atoms with E-state index in [1.807, 2.05) is 11.0 Å². The Morgan fingerprint density at radius 3 is 2.36 bits per heavy atom. The summed E-state index contributed by atoms with van der Waals surface area (Å²) in [6.07, 6.45) is 6.16. The van der Waals surface area contributed by atoms with Crippen LogP contribution < -0.4 is 4.74 Å². The van der Waals surface area contributed by atoms with Gasteiger partial charge < -0.3 is 9.64 Å². The number of halogens is 1. The van der Waals surface area contributed by atoms with Crippen LogP contribution >= 0.6 is 15.9 Å². The Morgan fingerprint density at radius 2 is 1.76 bits per heavy atom. The molecule has 1 saturated heterocycles. The minimum absolute atomic E-state index is 0.0484.